The Kier molecular flexibility index (Phi) is 4.11. The Balaban J connectivity index is 4.72. The molecule has 11 heavy (non-hydrogen) atoms. The van der Waals surface area contributed by atoms with Crippen LogP contribution in [0, 0.1) is 23.7 Å². The van der Waals surface area contributed by atoms with Gasteiger partial charge in [0, 0.05) is 11.1 Å². The zero-order valence-corrected chi connectivity index (χ0v) is 7.24. The van der Waals surface area contributed by atoms with E-state index >= 15 is 0 Å². The van der Waals surface area contributed by atoms with Crippen LogP contribution >= 0.6 is 11.6 Å². The molecule has 0 rings (SSSR count). The predicted octanol–water partition coefficient (Wildman–Crippen LogP) is 2.60. The van der Waals surface area contributed by atoms with Gasteiger partial charge in [-0.15, -0.1) is 6.42 Å². The average molecular weight is 166 g/mol. The van der Waals surface area contributed by atoms with Crippen molar-refractivity contribution in [1.82, 2.24) is 0 Å². The van der Waals surface area contributed by atoms with Crippen molar-refractivity contribution in [3.63, 3.8) is 0 Å². The van der Waals surface area contributed by atoms with E-state index < -0.39 is 0 Å². The summed E-state index contributed by atoms with van der Waals surface area (Å²) in [5, 5.41) is 8.84. The van der Waals surface area contributed by atoms with Crippen LogP contribution in [0.1, 0.15) is 13.8 Å². The van der Waals surface area contributed by atoms with Crippen LogP contribution in [0.2, 0.25) is 0 Å². The molecular weight excluding hydrogens is 158 g/mol. The van der Waals surface area contributed by atoms with Crippen LogP contribution in [0.3, 0.4) is 0 Å². The van der Waals surface area contributed by atoms with Crippen molar-refractivity contribution < 1.29 is 0 Å². The molecule has 0 amide bonds. The third kappa shape index (κ3) is 3.50. The number of terminal acetylenes is 1. The fourth-order valence-corrected chi connectivity index (χ4v) is 0.618. The number of halogens is 1. The van der Waals surface area contributed by atoms with Crippen molar-refractivity contribution in [2.45, 2.75) is 13.8 Å². The summed E-state index contributed by atoms with van der Waals surface area (Å²) >= 11 is 5.71. The quantitative estimate of drug-likeness (QED) is 0.333. The number of hydrogen-bond acceptors (Lipinski definition) is 1. The van der Waals surface area contributed by atoms with Crippen LogP contribution in [-0.4, -0.2) is 0 Å². The van der Waals surface area contributed by atoms with Gasteiger partial charge in [-0.3, -0.25) is 0 Å². The van der Waals surface area contributed by atoms with E-state index in [9.17, 15) is 0 Å². The monoisotopic (exact) mass is 165 g/mol. The van der Waals surface area contributed by atoms with Gasteiger partial charge in [0.05, 0.1) is 11.1 Å². The van der Waals surface area contributed by atoms with E-state index in [1.54, 1.807) is 19.9 Å². The van der Waals surface area contributed by atoms with Crippen molar-refractivity contribution in [1.29, 1.82) is 5.26 Å². The topological polar surface area (TPSA) is 23.8 Å². The lowest BCUT2D eigenvalue weighted by atomic mass is 10.2. The maximum absolute atomic E-state index is 8.39. The summed E-state index contributed by atoms with van der Waals surface area (Å²) in [6.45, 7) is 3.40. The van der Waals surface area contributed by atoms with Crippen LogP contribution in [0.4, 0.5) is 0 Å². The molecule has 0 aliphatic carbocycles. The second kappa shape index (κ2) is 4.61. The second-order valence-corrected chi connectivity index (χ2v) is 2.46. The molecule has 0 radical (unpaired) electrons. The summed E-state index contributed by atoms with van der Waals surface area (Å²) < 4.78 is 0. The molecule has 0 saturated carbocycles. The Hall–Kier alpha value is -1.18. The van der Waals surface area contributed by atoms with Crippen molar-refractivity contribution >= 4 is 11.6 Å². The van der Waals surface area contributed by atoms with Gasteiger partial charge < -0.3 is 0 Å². The summed E-state index contributed by atoms with van der Waals surface area (Å²) in [4.78, 5) is 0. The molecule has 0 aromatic rings. The maximum Gasteiger partial charge on any atom is 0.0944 e. The first kappa shape index (κ1) is 9.82. The number of allylic oxidation sites excluding steroid dienone is 4. The van der Waals surface area contributed by atoms with E-state index in [2.05, 4.69) is 5.92 Å². The van der Waals surface area contributed by atoms with E-state index in [-0.39, 0.29) is 0 Å². The second-order valence-electron chi connectivity index (χ2n) is 2.06. The zero-order chi connectivity index (χ0) is 8.85. The van der Waals surface area contributed by atoms with Crippen molar-refractivity contribution in [3.8, 4) is 18.4 Å². The summed E-state index contributed by atoms with van der Waals surface area (Å²) in [5.74, 6) is 2.39. The molecule has 0 unspecified atom stereocenters. The fourth-order valence-electron chi connectivity index (χ4n) is 0.400. The lowest BCUT2D eigenvalue weighted by Crippen LogP contribution is -1.75. The molecule has 56 valence electrons. The van der Waals surface area contributed by atoms with Crippen LogP contribution in [0.15, 0.2) is 22.3 Å². The van der Waals surface area contributed by atoms with Gasteiger partial charge in [-0.05, 0) is 19.9 Å². The molecule has 0 fully saturated rings. The van der Waals surface area contributed by atoms with Crippen molar-refractivity contribution in [2.75, 3.05) is 0 Å². The highest BCUT2D eigenvalue weighted by Gasteiger charge is 1.92. The Morgan fingerprint density at radius 3 is 2.45 bits per heavy atom. The number of nitriles is 1. The first-order valence-corrected chi connectivity index (χ1v) is 3.41. The summed E-state index contributed by atoms with van der Waals surface area (Å²) in [6.07, 6.45) is 6.64. The third-order valence-corrected chi connectivity index (χ3v) is 1.49. The van der Waals surface area contributed by atoms with E-state index in [4.69, 9.17) is 23.3 Å². The summed E-state index contributed by atoms with van der Waals surface area (Å²) in [5.41, 5.74) is 1.19. The van der Waals surface area contributed by atoms with E-state index in [0.29, 0.717) is 16.2 Å². The van der Waals surface area contributed by atoms with Crippen LogP contribution < -0.4 is 0 Å². The van der Waals surface area contributed by atoms with Crippen LogP contribution in [0.5, 0.6) is 0 Å². The van der Waals surface area contributed by atoms with Crippen molar-refractivity contribution in [3.05, 3.63) is 22.3 Å². The molecule has 0 aromatic carbocycles. The lowest BCUT2D eigenvalue weighted by molar-refractivity contribution is 1.43. The van der Waals surface area contributed by atoms with Gasteiger partial charge in [0.15, 0.2) is 0 Å². The Morgan fingerprint density at radius 2 is 2.09 bits per heavy atom. The fraction of sp³-hybridized carbons (Fsp3) is 0.222. The molecule has 0 saturated heterocycles. The molecule has 0 bridgehead atoms. The SMILES string of the molecule is C#C/C(C)=C(Cl)\C=C(/C)C#N. The van der Waals surface area contributed by atoms with E-state index in [1.807, 2.05) is 6.07 Å². The molecule has 0 aliphatic rings. The van der Waals surface area contributed by atoms with Crippen LogP contribution in [-0.2, 0) is 0 Å². The van der Waals surface area contributed by atoms with Crippen molar-refractivity contribution in [2.24, 2.45) is 0 Å². The normalized spacial score (nSPS) is 13.0. The average Bonchev–Trinajstić information content (AvgIpc) is 2.02. The first-order chi connectivity index (χ1) is 5.11. The highest BCUT2D eigenvalue weighted by atomic mass is 35.5. The lowest BCUT2D eigenvalue weighted by Gasteiger charge is -1.91. The smallest absolute Gasteiger partial charge is 0.0944 e. The molecule has 0 N–H and O–H groups in total. The van der Waals surface area contributed by atoms with Crippen LogP contribution in [0.25, 0.3) is 0 Å². The Labute approximate surface area is 72.0 Å². The van der Waals surface area contributed by atoms with E-state index in [1.165, 1.54) is 0 Å². The predicted molar refractivity (Wildman–Crippen MR) is 46.8 cm³/mol. The van der Waals surface area contributed by atoms with Gasteiger partial charge in [-0.2, -0.15) is 5.26 Å². The number of rotatable bonds is 1. The van der Waals surface area contributed by atoms with Gasteiger partial charge in [-0.25, -0.2) is 0 Å². The molecule has 0 heterocycles. The Morgan fingerprint density at radius 1 is 1.55 bits per heavy atom. The molecule has 1 nitrogen and oxygen atoms in total. The third-order valence-electron chi connectivity index (χ3n) is 1.09. The highest BCUT2D eigenvalue weighted by molar-refractivity contribution is 6.31. The highest BCUT2D eigenvalue weighted by Crippen LogP contribution is 2.11. The Bertz CT molecular complexity index is 284. The number of nitrogens with zero attached hydrogens (tertiary/aromatic N) is 1. The van der Waals surface area contributed by atoms with Gasteiger partial charge in [0.2, 0.25) is 0 Å². The van der Waals surface area contributed by atoms with E-state index in [0.717, 1.165) is 0 Å². The van der Waals surface area contributed by atoms with Gasteiger partial charge in [0.25, 0.3) is 0 Å². The maximum atomic E-state index is 8.39. The molecule has 0 spiro atoms. The molecule has 0 atom stereocenters. The largest absolute Gasteiger partial charge is 0.193 e. The minimum atomic E-state index is 0.451. The minimum Gasteiger partial charge on any atom is -0.193 e. The molecule has 0 aromatic heterocycles. The summed E-state index contributed by atoms with van der Waals surface area (Å²) in [7, 11) is 0. The number of hydrogen-bond donors (Lipinski definition) is 0. The molecule has 2 heteroatoms. The standard InChI is InChI=1S/C9H8ClN/c1-4-8(3)9(10)5-7(2)6-11/h1,5H,2-3H3/b7-5+,9-8+. The zero-order valence-electron chi connectivity index (χ0n) is 6.48. The van der Waals surface area contributed by atoms with Gasteiger partial charge in [0.1, 0.15) is 0 Å². The summed E-state index contributed by atoms with van der Waals surface area (Å²) in [6, 6.07) is 1.95. The van der Waals surface area contributed by atoms with Gasteiger partial charge >= 0.3 is 0 Å². The van der Waals surface area contributed by atoms with Gasteiger partial charge in [-0.1, -0.05) is 17.5 Å². The molecule has 0 aliphatic heterocycles. The minimum absolute atomic E-state index is 0.451. The first-order valence-electron chi connectivity index (χ1n) is 3.03. The molecular formula is C9H8ClN.